The van der Waals surface area contributed by atoms with Crippen LogP contribution in [0, 0.1) is 5.92 Å². The molecule has 0 aliphatic heterocycles. The van der Waals surface area contributed by atoms with Crippen molar-refractivity contribution in [2.75, 3.05) is 25.2 Å². The Kier molecular flexibility index (Phi) is 9.84. The van der Waals surface area contributed by atoms with E-state index < -0.39 is 0 Å². The van der Waals surface area contributed by atoms with Crippen LogP contribution in [0.25, 0.3) is 11.0 Å². The summed E-state index contributed by atoms with van der Waals surface area (Å²) in [5, 5.41) is 0. The Balaban J connectivity index is 0.000000396. The van der Waals surface area contributed by atoms with Gasteiger partial charge in [0.25, 0.3) is 0 Å². The van der Waals surface area contributed by atoms with Crippen molar-refractivity contribution in [3.63, 3.8) is 0 Å². The quantitative estimate of drug-likeness (QED) is 0.549. The first-order valence-corrected chi connectivity index (χ1v) is 10.9. The Labute approximate surface area is 177 Å². The zero-order valence-electron chi connectivity index (χ0n) is 20.0. The normalized spacial score (nSPS) is 11.5. The minimum Gasteiger partial charge on any atom is -0.381 e. The highest BCUT2D eigenvalue weighted by molar-refractivity contribution is 5.93. The molecule has 1 aromatic carbocycles. The maximum atomic E-state index is 11.5. The molecule has 0 bridgehead atoms. The summed E-state index contributed by atoms with van der Waals surface area (Å²) in [7, 11) is 1.78. The summed E-state index contributed by atoms with van der Waals surface area (Å²) >= 11 is 0. The number of hydrogen-bond acceptors (Lipinski definition) is 3. The van der Waals surface area contributed by atoms with Crippen molar-refractivity contribution in [1.82, 2.24) is 9.55 Å². The van der Waals surface area contributed by atoms with E-state index in [4.69, 9.17) is 9.72 Å². The summed E-state index contributed by atoms with van der Waals surface area (Å²) in [6.45, 7) is 19.5. The fourth-order valence-corrected chi connectivity index (χ4v) is 2.97. The summed E-state index contributed by atoms with van der Waals surface area (Å²) in [5.74, 6) is 1.88. The number of carbonyl (C=O) groups excluding carboxylic acids is 1. The fourth-order valence-electron chi connectivity index (χ4n) is 2.97. The van der Waals surface area contributed by atoms with Crippen LogP contribution in [0.1, 0.15) is 74.1 Å². The smallest absolute Gasteiger partial charge is 0.223 e. The van der Waals surface area contributed by atoms with E-state index in [9.17, 15) is 4.79 Å². The van der Waals surface area contributed by atoms with Gasteiger partial charge in [0.2, 0.25) is 5.91 Å². The molecule has 0 saturated carbocycles. The maximum Gasteiger partial charge on any atom is 0.223 e. The average molecular weight is 404 g/mol. The second kappa shape index (κ2) is 11.3. The van der Waals surface area contributed by atoms with Gasteiger partial charge in [-0.25, -0.2) is 4.98 Å². The molecule has 0 fully saturated rings. The van der Waals surface area contributed by atoms with Crippen molar-refractivity contribution in [3.05, 3.63) is 24.0 Å². The van der Waals surface area contributed by atoms with Crippen LogP contribution in [0.15, 0.2) is 18.2 Å². The van der Waals surface area contributed by atoms with E-state index in [2.05, 4.69) is 59.1 Å². The van der Waals surface area contributed by atoms with Gasteiger partial charge in [-0.3, -0.25) is 4.79 Å². The maximum absolute atomic E-state index is 11.5. The molecule has 0 saturated heterocycles. The molecule has 0 unspecified atom stereocenters. The molecule has 0 aliphatic rings. The number of aryl methyl sites for hydroxylation is 1. The molecule has 2 rings (SSSR count). The van der Waals surface area contributed by atoms with Gasteiger partial charge in [-0.2, -0.15) is 0 Å². The standard InChI is InChI=1S/C16H23N3O.C8H18O/c1-7-19-14-9-8-12(18(6)11(2)20)10-13(14)17-15(19)16(3,4)5;1-4-6-9-7-5-8(2)3/h8-10H,7H2,1-6H3;8H,4-7H2,1-3H3. The zero-order chi connectivity index (χ0) is 22.2. The van der Waals surface area contributed by atoms with Crippen LogP contribution in [0.2, 0.25) is 0 Å². The van der Waals surface area contributed by atoms with Gasteiger partial charge in [0.05, 0.1) is 11.0 Å². The molecule has 2 aromatic rings. The van der Waals surface area contributed by atoms with Crippen molar-refractivity contribution in [1.29, 1.82) is 0 Å². The molecule has 0 atom stereocenters. The van der Waals surface area contributed by atoms with E-state index in [0.717, 1.165) is 54.6 Å². The predicted molar refractivity (Wildman–Crippen MR) is 124 cm³/mol. The Hall–Kier alpha value is -1.88. The Bertz CT molecular complexity index is 772. The molecule has 0 spiro atoms. The first-order chi connectivity index (χ1) is 13.5. The SMILES string of the molecule is CCCOCCC(C)C.CCn1c(C(C)(C)C)nc2cc(N(C)C(C)=O)ccc21. The number of aromatic nitrogens is 2. The van der Waals surface area contributed by atoms with Crippen LogP contribution in [-0.2, 0) is 21.5 Å². The molecule has 0 N–H and O–H groups in total. The minimum atomic E-state index is 0.00166. The number of ether oxygens (including phenoxy) is 1. The van der Waals surface area contributed by atoms with Gasteiger partial charge in [0.15, 0.2) is 0 Å². The monoisotopic (exact) mass is 403 g/mol. The van der Waals surface area contributed by atoms with E-state index in [0.29, 0.717) is 0 Å². The lowest BCUT2D eigenvalue weighted by atomic mass is 9.96. The lowest BCUT2D eigenvalue weighted by Crippen LogP contribution is -2.22. The van der Waals surface area contributed by atoms with Gasteiger partial charge in [0.1, 0.15) is 5.82 Å². The summed E-state index contributed by atoms with van der Waals surface area (Å²) < 4.78 is 7.54. The van der Waals surface area contributed by atoms with Gasteiger partial charge in [-0.05, 0) is 43.9 Å². The second-order valence-electron chi connectivity index (χ2n) is 8.98. The Morgan fingerprint density at radius 3 is 2.34 bits per heavy atom. The molecular weight excluding hydrogens is 362 g/mol. The van der Waals surface area contributed by atoms with E-state index in [-0.39, 0.29) is 11.3 Å². The number of amides is 1. The third-order valence-corrected chi connectivity index (χ3v) is 4.77. The molecule has 5 heteroatoms. The third-order valence-electron chi connectivity index (χ3n) is 4.77. The lowest BCUT2D eigenvalue weighted by molar-refractivity contribution is -0.116. The van der Waals surface area contributed by atoms with Crippen molar-refractivity contribution >= 4 is 22.6 Å². The Morgan fingerprint density at radius 2 is 1.86 bits per heavy atom. The van der Waals surface area contributed by atoms with Gasteiger partial charge in [0, 0.05) is 44.8 Å². The summed E-state index contributed by atoms with van der Waals surface area (Å²) in [6.07, 6.45) is 2.33. The molecule has 1 heterocycles. The molecular formula is C24H41N3O2. The molecule has 1 aromatic heterocycles. The molecule has 1 amide bonds. The van der Waals surface area contributed by atoms with Crippen LogP contribution in [0.4, 0.5) is 5.69 Å². The van der Waals surface area contributed by atoms with Gasteiger partial charge in [-0.1, -0.05) is 41.5 Å². The van der Waals surface area contributed by atoms with Crippen molar-refractivity contribution in [2.24, 2.45) is 5.92 Å². The van der Waals surface area contributed by atoms with Gasteiger partial charge < -0.3 is 14.2 Å². The highest BCUT2D eigenvalue weighted by Gasteiger charge is 2.22. The van der Waals surface area contributed by atoms with Crippen LogP contribution in [-0.4, -0.2) is 35.7 Å². The third kappa shape index (κ3) is 7.46. The molecule has 0 aliphatic carbocycles. The zero-order valence-corrected chi connectivity index (χ0v) is 20.0. The Morgan fingerprint density at radius 1 is 1.21 bits per heavy atom. The van der Waals surface area contributed by atoms with Gasteiger partial charge in [-0.15, -0.1) is 0 Å². The predicted octanol–water partition coefficient (Wildman–Crippen LogP) is 5.80. The second-order valence-corrected chi connectivity index (χ2v) is 8.98. The van der Waals surface area contributed by atoms with E-state index in [1.165, 1.54) is 6.42 Å². The highest BCUT2D eigenvalue weighted by Crippen LogP contribution is 2.28. The molecule has 0 radical (unpaired) electrons. The van der Waals surface area contributed by atoms with Crippen LogP contribution < -0.4 is 4.90 Å². The molecule has 164 valence electrons. The number of hydrogen-bond donors (Lipinski definition) is 0. The number of nitrogens with zero attached hydrogens (tertiary/aromatic N) is 3. The van der Waals surface area contributed by atoms with Crippen LogP contribution in [0.5, 0.6) is 0 Å². The summed E-state index contributed by atoms with van der Waals surface area (Å²) in [6, 6.07) is 6.01. The summed E-state index contributed by atoms with van der Waals surface area (Å²) in [5.41, 5.74) is 2.95. The number of benzene rings is 1. The number of anilines is 1. The largest absolute Gasteiger partial charge is 0.381 e. The number of rotatable bonds is 7. The molecule has 5 nitrogen and oxygen atoms in total. The van der Waals surface area contributed by atoms with Crippen LogP contribution >= 0.6 is 0 Å². The molecule has 29 heavy (non-hydrogen) atoms. The highest BCUT2D eigenvalue weighted by atomic mass is 16.5. The fraction of sp³-hybridized carbons (Fsp3) is 0.667. The minimum absolute atomic E-state index is 0.00166. The van der Waals surface area contributed by atoms with E-state index in [1.54, 1.807) is 18.9 Å². The average Bonchev–Trinajstić information content (AvgIpc) is 3.03. The van der Waals surface area contributed by atoms with Crippen molar-refractivity contribution in [3.8, 4) is 0 Å². The first-order valence-electron chi connectivity index (χ1n) is 10.9. The number of fused-ring (bicyclic) bond motifs is 1. The van der Waals surface area contributed by atoms with Gasteiger partial charge >= 0.3 is 0 Å². The van der Waals surface area contributed by atoms with Crippen molar-refractivity contribution < 1.29 is 9.53 Å². The van der Waals surface area contributed by atoms with Crippen molar-refractivity contribution in [2.45, 2.75) is 80.2 Å². The number of imidazole rings is 1. The first kappa shape index (κ1) is 25.2. The lowest BCUT2D eigenvalue weighted by Gasteiger charge is -2.19. The summed E-state index contributed by atoms with van der Waals surface area (Å²) in [4.78, 5) is 17.9. The van der Waals surface area contributed by atoms with E-state index >= 15 is 0 Å². The number of carbonyl (C=O) groups is 1. The van der Waals surface area contributed by atoms with E-state index in [1.807, 2.05) is 12.1 Å². The van der Waals surface area contributed by atoms with Crippen LogP contribution in [0.3, 0.4) is 0 Å². The topological polar surface area (TPSA) is 47.4 Å².